The minimum atomic E-state index is -1.31. The van der Waals surface area contributed by atoms with E-state index in [1.54, 1.807) is 0 Å². The standard InChI is InChI=1S/C8H19OSi.Li/c1-8(2,3)7-9-10(4,5)6;/h1,7H2,2-6H3;/q-1;+1. The fourth-order valence-corrected chi connectivity index (χ4v) is 1.24. The van der Waals surface area contributed by atoms with E-state index in [9.17, 15) is 0 Å². The normalized spacial score (nSPS) is 12.5. The molecular formula is C8H19LiOSi. The first-order valence-electron chi connectivity index (χ1n) is 3.70. The first-order chi connectivity index (χ1) is 4.21. The van der Waals surface area contributed by atoms with Crippen LogP contribution in [-0.4, -0.2) is 14.9 Å². The third-order valence-electron chi connectivity index (χ3n) is 0.896. The summed E-state index contributed by atoms with van der Waals surface area (Å²) in [6.45, 7) is 15.5. The van der Waals surface area contributed by atoms with Crippen LogP contribution in [0.15, 0.2) is 0 Å². The zero-order valence-electron chi connectivity index (χ0n) is 8.82. The van der Waals surface area contributed by atoms with Crippen molar-refractivity contribution < 1.29 is 23.3 Å². The van der Waals surface area contributed by atoms with Crippen molar-refractivity contribution in [3.8, 4) is 0 Å². The van der Waals surface area contributed by atoms with Gasteiger partial charge in [0, 0.05) is 6.61 Å². The molecule has 0 unspecified atom stereocenters. The molecule has 0 aliphatic heterocycles. The van der Waals surface area contributed by atoms with E-state index < -0.39 is 8.32 Å². The maximum absolute atomic E-state index is 5.67. The van der Waals surface area contributed by atoms with Gasteiger partial charge in [0.1, 0.15) is 0 Å². The average Bonchev–Trinajstić information content (AvgIpc) is 1.57. The van der Waals surface area contributed by atoms with Crippen LogP contribution in [-0.2, 0) is 4.43 Å². The van der Waals surface area contributed by atoms with E-state index in [1.165, 1.54) is 0 Å². The Morgan fingerprint density at radius 2 is 1.64 bits per heavy atom. The van der Waals surface area contributed by atoms with Crippen LogP contribution in [0.5, 0.6) is 0 Å². The summed E-state index contributed by atoms with van der Waals surface area (Å²) in [6, 6.07) is 0. The zero-order valence-corrected chi connectivity index (χ0v) is 9.82. The number of rotatable bonds is 3. The van der Waals surface area contributed by atoms with Gasteiger partial charge in [0.15, 0.2) is 8.32 Å². The van der Waals surface area contributed by atoms with Crippen molar-refractivity contribution in [1.82, 2.24) is 0 Å². The Balaban J connectivity index is 0. The molecule has 0 aromatic carbocycles. The molecule has 0 atom stereocenters. The first-order valence-corrected chi connectivity index (χ1v) is 7.11. The van der Waals surface area contributed by atoms with Crippen molar-refractivity contribution in [3.63, 3.8) is 0 Å². The molecule has 0 saturated heterocycles. The van der Waals surface area contributed by atoms with E-state index in [0.29, 0.717) is 0 Å². The van der Waals surface area contributed by atoms with Gasteiger partial charge >= 0.3 is 18.9 Å². The van der Waals surface area contributed by atoms with Crippen LogP contribution in [0.3, 0.4) is 0 Å². The van der Waals surface area contributed by atoms with Crippen LogP contribution in [0.4, 0.5) is 0 Å². The van der Waals surface area contributed by atoms with E-state index in [1.807, 2.05) is 0 Å². The summed E-state index contributed by atoms with van der Waals surface area (Å²) in [5.41, 5.74) is 0.0697. The van der Waals surface area contributed by atoms with Gasteiger partial charge in [0.2, 0.25) is 0 Å². The molecule has 0 aliphatic carbocycles. The third kappa shape index (κ3) is 13.7. The summed E-state index contributed by atoms with van der Waals surface area (Å²) in [6.07, 6.45) is 0. The second kappa shape index (κ2) is 4.72. The molecule has 3 heteroatoms. The molecular weight excluding hydrogens is 147 g/mol. The molecule has 0 amide bonds. The smallest absolute Gasteiger partial charge is 0.420 e. The van der Waals surface area contributed by atoms with Crippen molar-refractivity contribution >= 4 is 8.32 Å². The van der Waals surface area contributed by atoms with E-state index in [2.05, 4.69) is 40.4 Å². The zero-order chi connectivity index (χ0) is 8.41. The second-order valence-electron chi connectivity index (χ2n) is 4.57. The van der Waals surface area contributed by atoms with Crippen LogP contribution < -0.4 is 18.9 Å². The number of hydrogen-bond acceptors (Lipinski definition) is 1. The second-order valence-corrected chi connectivity index (χ2v) is 9.08. The molecule has 0 fully saturated rings. The molecule has 1 nitrogen and oxygen atoms in total. The predicted octanol–water partition coefficient (Wildman–Crippen LogP) is -0.298. The van der Waals surface area contributed by atoms with E-state index in [0.717, 1.165) is 6.61 Å². The van der Waals surface area contributed by atoms with Crippen molar-refractivity contribution in [1.29, 1.82) is 0 Å². The predicted molar refractivity (Wildman–Crippen MR) is 48.4 cm³/mol. The monoisotopic (exact) mass is 166 g/mol. The summed E-state index contributed by atoms with van der Waals surface area (Å²) in [5, 5.41) is 0. The van der Waals surface area contributed by atoms with Gasteiger partial charge < -0.3 is 11.3 Å². The summed E-state index contributed by atoms with van der Waals surface area (Å²) >= 11 is 0. The van der Waals surface area contributed by atoms with Gasteiger partial charge in [-0.15, -0.1) is 5.41 Å². The van der Waals surface area contributed by atoms with Crippen molar-refractivity contribution in [2.75, 3.05) is 6.61 Å². The van der Waals surface area contributed by atoms with Gasteiger partial charge in [-0.05, 0) is 19.6 Å². The summed E-state index contributed by atoms with van der Waals surface area (Å²) < 4.78 is 5.67. The van der Waals surface area contributed by atoms with Gasteiger partial charge in [0.05, 0.1) is 0 Å². The molecule has 0 aromatic heterocycles. The molecule has 0 aromatic rings. The van der Waals surface area contributed by atoms with Crippen LogP contribution in [0.25, 0.3) is 0 Å². The average molecular weight is 166 g/mol. The van der Waals surface area contributed by atoms with Gasteiger partial charge in [-0.2, -0.15) is 0 Å². The molecule has 0 spiro atoms. The third-order valence-corrected chi connectivity index (χ3v) is 1.91. The molecule has 0 bridgehead atoms. The van der Waals surface area contributed by atoms with Crippen molar-refractivity contribution in [2.45, 2.75) is 33.5 Å². The molecule has 0 N–H and O–H groups in total. The fraction of sp³-hybridized carbons (Fsp3) is 0.875. The van der Waals surface area contributed by atoms with Crippen molar-refractivity contribution in [2.24, 2.45) is 5.41 Å². The van der Waals surface area contributed by atoms with Crippen LogP contribution in [0.2, 0.25) is 19.6 Å². The van der Waals surface area contributed by atoms with Crippen LogP contribution in [0.1, 0.15) is 13.8 Å². The Kier molecular flexibility index (Phi) is 6.13. The van der Waals surface area contributed by atoms with Gasteiger partial charge in [-0.25, -0.2) is 0 Å². The first kappa shape index (κ1) is 14.3. The molecule has 0 saturated carbocycles. The summed E-state index contributed by atoms with van der Waals surface area (Å²) in [7, 11) is -1.31. The maximum atomic E-state index is 5.67. The Bertz CT molecular complexity index is 87.6. The Hall–Kier alpha value is 0.774. The molecule has 0 aliphatic rings. The molecule has 0 radical (unpaired) electrons. The summed E-state index contributed by atoms with van der Waals surface area (Å²) in [5.74, 6) is 0. The largest absolute Gasteiger partial charge is 1.00 e. The number of hydrogen-bond donors (Lipinski definition) is 0. The molecule has 0 rings (SSSR count). The Labute approximate surface area is 84.2 Å². The SMILES string of the molecule is [CH2-]C(C)(C)CO[Si](C)(C)C.[Li+]. The topological polar surface area (TPSA) is 9.23 Å². The van der Waals surface area contributed by atoms with Crippen LogP contribution in [0, 0.1) is 12.3 Å². The quantitative estimate of drug-likeness (QED) is 0.413. The Morgan fingerprint density at radius 1 is 1.27 bits per heavy atom. The minimum absolute atomic E-state index is 0. The van der Waals surface area contributed by atoms with E-state index in [4.69, 9.17) is 4.43 Å². The van der Waals surface area contributed by atoms with Gasteiger partial charge in [-0.3, -0.25) is 0 Å². The molecule has 62 valence electrons. The molecule has 0 heterocycles. The minimum Gasteiger partial charge on any atom is -0.420 e. The van der Waals surface area contributed by atoms with Crippen molar-refractivity contribution in [3.05, 3.63) is 6.92 Å². The van der Waals surface area contributed by atoms with Gasteiger partial charge in [-0.1, -0.05) is 13.8 Å². The van der Waals surface area contributed by atoms with Crippen LogP contribution >= 0.6 is 0 Å². The Morgan fingerprint density at radius 3 is 1.73 bits per heavy atom. The maximum Gasteiger partial charge on any atom is 1.00 e. The summed E-state index contributed by atoms with van der Waals surface area (Å²) in [4.78, 5) is 0. The van der Waals surface area contributed by atoms with E-state index >= 15 is 0 Å². The van der Waals surface area contributed by atoms with E-state index in [-0.39, 0.29) is 24.3 Å². The fourth-order valence-electron chi connectivity index (χ4n) is 0.412. The molecule has 11 heavy (non-hydrogen) atoms. The van der Waals surface area contributed by atoms with Gasteiger partial charge in [0.25, 0.3) is 0 Å².